The second kappa shape index (κ2) is 6.56. The highest BCUT2D eigenvalue weighted by Crippen LogP contribution is 2.34. The molecule has 0 aromatic carbocycles. The fraction of sp³-hybridized carbons (Fsp3) is 0.733. The number of ether oxygens (including phenoxy) is 1. The predicted octanol–water partition coefficient (Wildman–Crippen LogP) is 4.60. The van der Waals surface area contributed by atoms with Crippen LogP contribution in [0.4, 0.5) is 0 Å². The molecule has 2 rings (SSSR count). The van der Waals surface area contributed by atoms with Crippen molar-refractivity contribution >= 4 is 11.6 Å². The number of rotatable bonds is 4. The van der Waals surface area contributed by atoms with Gasteiger partial charge in [-0.1, -0.05) is 38.8 Å². The van der Waals surface area contributed by atoms with Gasteiger partial charge >= 0.3 is 0 Å². The van der Waals surface area contributed by atoms with Gasteiger partial charge in [0.1, 0.15) is 17.6 Å². The average molecular weight is 283 g/mol. The third-order valence-corrected chi connectivity index (χ3v) is 4.30. The number of hydrogen-bond acceptors (Lipinski definition) is 3. The minimum absolute atomic E-state index is 0.271. The molecule has 0 spiro atoms. The summed E-state index contributed by atoms with van der Waals surface area (Å²) < 4.78 is 6.20. The van der Waals surface area contributed by atoms with Crippen molar-refractivity contribution in [2.45, 2.75) is 64.9 Å². The smallest absolute Gasteiger partial charge is 0.221 e. The van der Waals surface area contributed by atoms with E-state index in [2.05, 4.69) is 30.7 Å². The Morgan fingerprint density at radius 3 is 2.74 bits per heavy atom. The lowest BCUT2D eigenvalue weighted by molar-refractivity contribution is 0.0843. The molecule has 2 unspecified atom stereocenters. The van der Waals surface area contributed by atoms with Crippen LogP contribution in [0.25, 0.3) is 0 Å². The Morgan fingerprint density at radius 2 is 2.05 bits per heavy atom. The standard InChI is InChI=1S/C15H23ClN2O/c1-4-11-7-5-6-8-12(11)19-15-13(10(2)3)14(16)17-9-18-15/h9-12H,4-8H2,1-3H3. The molecular formula is C15H23ClN2O. The molecule has 0 saturated heterocycles. The van der Waals surface area contributed by atoms with Crippen molar-refractivity contribution in [2.75, 3.05) is 0 Å². The van der Waals surface area contributed by atoms with Crippen molar-refractivity contribution in [1.29, 1.82) is 0 Å². The van der Waals surface area contributed by atoms with Gasteiger partial charge in [0.2, 0.25) is 5.88 Å². The van der Waals surface area contributed by atoms with E-state index in [9.17, 15) is 0 Å². The number of aromatic nitrogens is 2. The summed E-state index contributed by atoms with van der Waals surface area (Å²) >= 11 is 6.18. The van der Waals surface area contributed by atoms with Crippen LogP contribution >= 0.6 is 11.6 Å². The van der Waals surface area contributed by atoms with Gasteiger partial charge in [-0.25, -0.2) is 9.97 Å². The Kier molecular flexibility index (Phi) is 5.03. The molecule has 1 aromatic heterocycles. The fourth-order valence-corrected chi connectivity index (χ4v) is 3.22. The van der Waals surface area contributed by atoms with Gasteiger partial charge in [0.25, 0.3) is 0 Å². The maximum atomic E-state index is 6.20. The zero-order chi connectivity index (χ0) is 13.8. The summed E-state index contributed by atoms with van der Waals surface area (Å²) in [6, 6.07) is 0. The second-order valence-electron chi connectivity index (χ2n) is 5.65. The van der Waals surface area contributed by atoms with E-state index in [0.29, 0.717) is 17.0 Å². The molecule has 1 fully saturated rings. The van der Waals surface area contributed by atoms with E-state index < -0.39 is 0 Å². The molecule has 2 atom stereocenters. The first-order valence-electron chi connectivity index (χ1n) is 7.30. The third kappa shape index (κ3) is 3.38. The molecule has 1 aliphatic rings. The molecule has 0 bridgehead atoms. The maximum absolute atomic E-state index is 6.20. The van der Waals surface area contributed by atoms with Gasteiger partial charge in [-0.3, -0.25) is 0 Å². The summed E-state index contributed by atoms with van der Waals surface area (Å²) in [4.78, 5) is 8.37. The van der Waals surface area contributed by atoms with Gasteiger partial charge < -0.3 is 4.74 Å². The van der Waals surface area contributed by atoms with E-state index >= 15 is 0 Å². The summed E-state index contributed by atoms with van der Waals surface area (Å²) in [5.41, 5.74) is 0.935. The lowest BCUT2D eigenvalue weighted by Crippen LogP contribution is -2.30. The Hall–Kier alpha value is -0.830. The molecule has 1 saturated carbocycles. The van der Waals surface area contributed by atoms with Crippen molar-refractivity contribution in [3.05, 3.63) is 17.0 Å². The van der Waals surface area contributed by atoms with Gasteiger partial charge in [-0.05, 0) is 37.5 Å². The Morgan fingerprint density at radius 1 is 1.32 bits per heavy atom. The number of halogens is 1. The summed E-state index contributed by atoms with van der Waals surface area (Å²) in [5, 5.41) is 0.517. The summed E-state index contributed by atoms with van der Waals surface area (Å²) in [6.07, 6.45) is 7.89. The highest BCUT2D eigenvalue weighted by Gasteiger charge is 2.27. The lowest BCUT2D eigenvalue weighted by atomic mass is 9.85. The second-order valence-corrected chi connectivity index (χ2v) is 6.01. The van der Waals surface area contributed by atoms with Gasteiger partial charge in [0.15, 0.2) is 0 Å². The average Bonchev–Trinajstić information content (AvgIpc) is 2.39. The van der Waals surface area contributed by atoms with Crippen LogP contribution in [-0.2, 0) is 0 Å². The van der Waals surface area contributed by atoms with Gasteiger partial charge in [-0.15, -0.1) is 0 Å². The molecule has 1 heterocycles. The molecule has 4 heteroatoms. The molecule has 1 aliphatic carbocycles. The monoisotopic (exact) mass is 282 g/mol. The first-order chi connectivity index (χ1) is 9.13. The Labute approximate surface area is 120 Å². The molecule has 0 amide bonds. The number of hydrogen-bond donors (Lipinski definition) is 0. The quantitative estimate of drug-likeness (QED) is 0.757. The minimum Gasteiger partial charge on any atom is -0.474 e. The van der Waals surface area contributed by atoms with Gasteiger partial charge in [0, 0.05) is 0 Å². The molecule has 0 N–H and O–H groups in total. The van der Waals surface area contributed by atoms with E-state index in [1.165, 1.54) is 32.0 Å². The molecule has 3 nitrogen and oxygen atoms in total. The highest BCUT2D eigenvalue weighted by atomic mass is 35.5. The zero-order valence-corrected chi connectivity index (χ0v) is 12.8. The fourth-order valence-electron chi connectivity index (χ4n) is 2.88. The van der Waals surface area contributed by atoms with E-state index in [-0.39, 0.29) is 12.0 Å². The Bertz CT molecular complexity index is 423. The molecule has 0 radical (unpaired) electrons. The van der Waals surface area contributed by atoms with Crippen LogP contribution in [0.3, 0.4) is 0 Å². The first kappa shape index (κ1) is 14.6. The van der Waals surface area contributed by atoms with Crippen molar-refractivity contribution in [1.82, 2.24) is 9.97 Å². The van der Waals surface area contributed by atoms with Crippen LogP contribution in [-0.4, -0.2) is 16.1 Å². The van der Waals surface area contributed by atoms with Crippen molar-refractivity contribution in [3.63, 3.8) is 0 Å². The van der Waals surface area contributed by atoms with Crippen molar-refractivity contribution < 1.29 is 4.74 Å². The van der Waals surface area contributed by atoms with Gasteiger partial charge in [-0.2, -0.15) is 0 Å². The zero-order valence-electron chi connectivity index (χ0n) is 12.0. The largest absolute Gasteiger partial charge is 0.474 e. The minimum atomic E-state index is 0.271. The molecular weight excluding hydrogens is 260 g/mol. The SMILES string of the molecule is CCC1CCCCC1Oc1ncnc(Cl)c1C(C)C. The maximum Gasteiger partial charge on any atom is 0.221 e. The molecule has 0 aliphatic heterocycles. The van der Waals surface area contributed by atoms with Crippen LogP contribution in [0.5, 0.6) is 5.88 Å². The van der Waals surface area contributed by atoms with Crippen molar-refractivity contribution in [3.8, 4) is 5.88 Å². The van der Waals surface area contributed by atoms with Gasteiger partial charge in [0.05, 0.1) is 5.56 Å². The van der Waals surface area contributed by atoms with Crippen LogP contribution < -0.4 is 4.74 Å². The molecule has 1 aromatic rings. The van der Waals surface area contributed by atoms with E-state index in [1.54, 1.807) is 0 Å². The van der Waals surface area contributed by atoms with Crippen LogP contribution in [0.1, 0.15) is 64.4 Å². The summed E-state index contributed by atoms with van der Waals surface area (Å²) in [6.45, 7) is 6.42. The van der Waals surface area contributed by atoms with Crippen molar-refractivity contribution in [2.24, 2.45) is 5.92 Å². The van der Waals surface area contributed by atoms with Crippen LogP contribution in [0.15, 0.2) is 6.33 Å². The van der Waals surface area contributed by atoms with E-state index in [0.717, 1.165) is 12.0 Å². The normalized spacial score (nSPS) is 23.6. The van der Waals surface area contributed by atoms with Crippen LogP contribution in [0, 0.1) is 5.92 Å². The van der Waals surface area contributed by atoms with E-state index in [1.807, 2.05) is 0 Å². The highest BCUT2D eigenvalue weighted by molar-refractivity contribution is 6.30. The third-order valence-electron chi connectivity index (χ3n) is 4.00. The topological polar surface area (TPSA) is 35.0 Å². The lowest BCUT2D eigenvalue weighted by Gasteiger charge is -2.31. The molecule has 19 heavy (non-hydrogen) atoms. The number of nitrogens with zero attached hydrogens (tertiary/aromatic N) is 2. The summed E-state index contributed by atoms with van der Waals surface area (Å²) in [7, 11) is 0. The first-order valence-corrected chi connectivity index (χ1v) is 7.68. The van der Waals surface area contributed by atoms with Crippen LogP contribution in [0.2, 0.25) is 5.15 Å². The molecule has 106 valence electrons. The summed E-state index contributed by atoms with van der Waals surface area (Å²) in [5.74, 6) is 1.59. The Balaban J connectivity index is 2.20. The predicted molar refractivity (Wildman–Crippen MR) is 77.8 cm³/mol. The van der Waals surface area contributed by atoms with E-state index in [4.69, 9.17) is 16.3 Å².